The van der Waals surface area contributed by atoms with Gasteiger partial charge in [0.25, 0.3) is 0 Å². The zero-order chi connectivity index (χ0) is 14.4. The Morgan fingerprint density at radius 3 is 2.14 bits per heavy atom. The van der Waals surface area contributed by atoms with Gasteiger partial charge in [0, 0.05) is 25.7 Å². The van der Waals surface area contributed by atoms with Gasteiger partial charge in [0.1, 0.15) is 0 Å². The highest BCUT2D eigenvalue weighted by Crippen LogP contribution is 2.56. The minimum atomic E-state index is -0.204. The second-order valence-electron chi connectivity index (χ2n) is 8.04. The van der Waals surface area contributed by atoms with Gasteiger partial charge in [0.15, 0.2) is 0 Å². The first-order valence-electron chi connectivity index (χ1n) is 8.79. The fourth-order valence-corrected chi connectivity index (χ4v) is 5.84. The van der Waals surface area contributed by atoms with Crippen LogP contribution in [-0.2, 0) is 9.53 Å². The van der Waals surface area contributed by atoms with E-state index in [1.54, 1.807) is 0 Å². The van der Waals surface area contributed by atoms with Gasteiger partial charge in [0.2, 0.25) is 5.91 Å². The Hall–Kier alpha value is -0.610. The van der Waals surface area contributed by atoms with E-state index in [2.05, 4.69) is 5.32 Å². The fourth-order valence-electron chi connectivity index (χ4n) is 5.84. The number of carbonyl (C=O) groups excluding carboxylic acids is 1. The highest BCUT2D eigenvalue weighted by molar-refractivity contribution is 5.80. The predicted octanol–water partition coefficient (Wildman–Crippen LogP) is 1.68. The van der Waals surface area contributed by atoms with E-state index in [-0.39, 0.29) is 11.5 Å². The van der Waals surface area contributed by atoms with Crippen molar-refractivity contribution in [3.63, 3.8) is 0 Å². The molecule has 0 aromatic heterocycles. The van der Waals surface area contributed by atoms with Crippen LogP contribution in [0.4, 0.5) is 0 Å². The smallest absolute Gasteiger partial charge is 0.224 e. The SMILES string of the molecule is NCC1(NC(=O)C2C3CC4CC(C3)CC2C4)CCOCC1. The molecule has 5 aliphatic rings. The second kappa shape index (κ2) is 5.24. The molecule has 0 unspecified atom stereocenters. The molecule has 4 bridgehead atoms. The van der Waals surface area contributed by atoms with Crippen molar-refractivity contribution in [2.75, 3.05) is 19.8 Å². The van der Waals surface area contributed by atoms with E-state index in [4.69, 9.17) is 10.5 Å². The Morgan fingerprint density at radius 2 is 1.62 bits per heavy atom. The van der Waals surface area contributed by atoms with Crippen molar-refractivity contribution in [2.45, 2.75) is 50.5 Å². The van der Waals surface area contributed by atoms with Gasteiger partial charge in [0.05, 0.1) is 5.54 Å². The molecule has 5 fully saturated rings. The maximum absolute atomic E-state index is 13.0. The highest BCUT2D eigenvalue weighted by atomic mass is 16.5. The Morgan fingerprint density at radius 1 is 1.05 bits per heavy atom. The van der Waals surface area contributed by atoms with Crippen molar-refractivity contribution in [3.8, 4) is 0 Å². The molecule has 4 saturated carbocycles. The van der Waals surface area contributed by atoms with Crippen LogP contribution in [0.25, 0.3) is 0 Å². The first-order valence-corrected chi connectivity index (χ1v) is 8.79. The van der Waals surface area contributed by atoms with Gasteiger partial charge in [-0.25, -0.2) is 0 Å². The van der Waals surface area contributed by atoms with E-state index in [9.17, 15) is 4.79 Å². The molecule has 1 amide bonds. The van der Waals surface area contributed by atoms with E-state index in [0.29, 0.717) is 24.3 Å². The van der Waals surface area contributed by atoms with Crippen molar-refractivity contribution >= 4 is 5.91 Å². The normalized spacial score (nSPS) is 43.8. The third-order valence-corrected chi connectivity index (χ3v) is 6.76. The standard InChI is InChI=1S/C17H28N2O2/c18-10-17(1-3-21-4-2-17)19-16(20)15-13-6-11-5-12(8-13)9-14(15)7-11/h11-15H,1-10,18H2,(H,19,20). The molecule has 4 heteroatoms. The van der Waals surface area contributed by atoms with Crippen LogP contribution in [0.3, 0.4) is 0 Å². The number of hydrogen-bond donors (Lipinski definition) is 2. The zero-order valence-corrected chi connectivity index (χ0v) is 12.9. The van der Waals surface area contributed by atoms with E-state index < -0.39 is 0 Å². The summed E-state index contributed by atoms with van der Waals surface area (Å²) in [6, 6.07) is 0. The van der Waals surface area contributed by atoms with Crippen LogP contribution in [0.2, 0.25) is 0 Å². The second-order valence-corrected chi connectivity index (χ2v) is 8.04. The Bertz CT molecular complexity index is 389. The number of nitrogens with two attached hydrogens (primary N) is 1. The molecule has 5 rings (SSSR count). The lowest BCUT2D eigenvalue weighted by Crippen LogP contribution is -2.60. The van der Waals surface area contributed by atoms with Gasteiger partial charge >= 0.3 is 0 Å². The summed E-state index contributed by atoms with van der Waals surface area (Å²) in [7, 11) is 0. The van der Waals surface area contributed by atoms with Gasteiger partial charge in [-0.3, -0.25) is 4.79 Å². The minimum Gasteiger partial charge on any atom is -0.381 e. The van der Waals surface area contributed by atoms with Crippen molar-refractivity contribution in [1.29, 1.82) is 0 Å². The molecular weight excluding hydrogens is 264 g/mol. The van der Waals surface area contributed by atoms with Gasteiger partial charge in [-0.1, -0.05) is 0 Å². The topological polar surface area (TPSA) is 64.3 Å². The molecule has 1 saturated heterocycles. The van der Waals surface area contributed by atoms with Crippen LogP contribution in [0.5, 0.6) is 0 Å². The summed E-state index contributed by atoms with van der Waals surface area (Å²) >= 11 is 0. The fraction of sp³-hybridized carbons (Fsp3) is 0.941. The number of hydrogen-bond acceptors (Lipinski definition) is 3. The quantitative estimate of drug-likeness (QED) is 0.832. The molecule has 4 aliphatic carbocycles. The molecule has 0 atom stereocenters. The van der Waals surface area contributed by atoms with Crippen LogP contribution >= 0.6 is 0 Å². The number of ether oxygens (including phenoxy) is 1. The molecule has 0 aromatic carbocycles. The van der Waals surface area contributed by atoms with Gasteiger partial charge in [-0.2, -0.15) is 0 Å². The van der Waals surface area contributed by atoms with Gasteiger partial charge < -0.3 is 15.8 Å². The monoisotopic (exact) mass is 292 g/mol. The van der Waals surface area contributed by atoms with Crippen LogP contribution in [-0.4, -0.2) is 31.2 Å². The highest BCUT2D eigenvalue weighted by Gasteiger charge is 2.51. The summed E-state index contributed by atoms with van der Waals surface area (Å²) in [5, 5.41) is 3.37. The third kappa shape index (κ3) is 2.40. The molecule has 3 N–H and O–H groups in total. The molecular formula is C17H28N2O2. The number of nitrogens with one attached hydrogen (secondary N) is 1. The summed E-state index contributed by atoms with van der Waals surface area (Å²) in [5.41, 5.74) is 5.79. The van der Waals surface area contributed by atoms with Crippen LogP contribution in [0, 0.1) is 29.6 Å². The summed E-state index contributed by atoms with van der Waals surface area (Å²) < 4.78 is 5.44. The molecule has 4 nitrogen and oxygen atoms in total. The summed E-state index contributed by atoms with van der Waals surface area (Å²) in [6.45, 7) is 1.98. The number of amides is 1. The predicted molar refractivity (Wildman–Crippen MR) is 80.5 cm³/mol. The zero-order valence-electron chi connectivity index (χ0n) is 12.9. The van der Waals surface area contributed by atoms with Crippen molar-refractivity contribution in [2.24, 2.45) is 35.3 Å². The Labute approximate surface area is 127 Å². The van der Waals surface area contributed by atoms with Crippen LogP contribution in [0.1, 0.15) is 44.9 Å². The summed E-state index contributed by atoms with van der Waals surface area (Å²) in [5.74, 6) is 3.71. The van der Waals surface area contributed by atoms with Crippen molar-refractivity contribution in [1.82, 2.24) is 5.32 Å². The number of rotatable bonds is 3. The first-order chi connectivity index (χ1) is 10.2. The third-order valence-electron chi connectivity index (χ3n) is 6.76. The molecule has 0 radical (unpaired) electrons. The van der Waals surface area contributed by atoms with Gasteiger partial charge in [-0.15, -0.1) is 0 Å². The lowest BCUT2D eigenvalue weighted by atomic mass is 9.51. The molecule has 21 heavy (non-hydrogen) atoms. The molecule has 118 valence electrons. The maximum atomic E-state index is 13.0. The van der Waals surface area contributed by atoms with Crippen molar-refractivity contribution in [3.05, 3.63) is 0 Å². The van der Waals surface area contributed by atoms with Gasteiger partial charge in [-0.05, 0) is 68.6 Å². The Balaban J connectivity index is 1.47. The first kappa shape index (κ1) is 14.0. The van der Waals surface area contributed by atoms with E-state index in [0.717, 1.165) is 37.9 Å². The van der Waals surface area contributed by atoms with Crippen LogP contribution < -0.4 is 11.1 Å². The summed E-state index contributed by atoms with van der Waals surface area (Å²) in [6.07, 6.45) is 8.35. The number of carbonyl (C=O) groups is 1. The Kier molecular flexibility index (Phi) is 3.49. The molecule has 0 spiro atoms. The van der Waals surface area contributed by atoms with E-state index in [1.165, 1.54) is 32.1 Å². The molecule has 0 aromatic rings. The molecule has 1 heterocycles. The maximum Gasteiger partial charge on any atom is 0.224 e. The average Bonchev–Trinajstić information content (AvgIpc) is 2.47. The molecule has 1 aliphatic heterocycles. The van der Waals surface area contributed by atoms with Crippen LogP contribution in [0.15, 0.2) is 0 Å². The largest absolute Gasteiger partial charge is 0.381 e. The van der Waals surface area contributed by atoms with E-state index in [1.807, 2.05) is 0 Å². The lowest BCUT2D eigenvalue weighted by Gasteiger charge is -2.54. The van der Waals surface area contributed by atoms with Crippen molar-refractivity contribution < 1.29 is 9.53 Å². The summed E-state index contributed by atoms with van der Waals surface area (Å²) in [4.78, 5) is 13.0. The lowest BCUT2D eigenvalue weighted by molar-refractivity contribution is -0.141. The minimum absolute atomic E-state index is 0.204. The van der Waals surface area contributed by atoms with E-state index >= 15 is 0 Å². The average molecular weight is 292 g/mol.